The summed E-state index contributed by atoms with van der Waals surface area (Å²) in [5.41, 5.74) is 2.46. The Bertz CT molecular complexity index is 1150. The molecule has 0 atom stereocenters. The molecule has 0 fully saturated rings. The molecule has 33 heavy (non-hydrogen) atoms. The van der Waals surface area contributed by atoms with E-state index in [4.69, 9.17) is 21.1 Å². The number of amides is 1. The maximum atomic E-state index is 12.7. The number of anilines is 2. The molecule has 0 spiro atoms. The third-order valence-corrected chi connectivity index (χ3v) is 5.99. The second-order valence-corrected chi connectivity index (χ2v) is 8.52. The third-order valence-electron chi connectivity index (χ3n) is 4.73. The van der Waals surface area contributed by atoms with E-state index in [1.807, 2.05) is 47.8 Å². The van der Waals surface area contributed by atoms with Gasteiger partial charge in [0, 0.05) is 44.0 Å². The molecule has 10 heteroatoms. The van der Waals surface area contributed by atoms with Gasteiger partial charge in [-0.1, -0.05) is 41.6 Å². The van der Waals surface area contributed by atoms with Gasteiger partial charge in [0.05, 0.1) is 30.7 Å². The van der Waals surface area contributed by atoms with E-state index >= 15 is 0 Å². The van der Waals surface area contributed by atoms with Gasteiger partial charge in [0.1, 0.15) is 11.5 Å². The number of nitrogens with zero attached hydrogens (tertiary/aromatic N) is 4. The van der Waals surface area contributed by atoms with Crippen LogP contribution >= 0.6 is 23.4 Å². The molecule has 0 radical (unpaired) electrons. The van der Waals surface area contributed by atoms with Crippen molar-refractivity contribution < 1.29 is 14.3 Å². The molecule has 3 aromatic rings. The lowest BCUT2D eigenvalue weighted by Gasteiger charge is -2.14. The topological polar surface area (TPSA) is 81.5 Å². The number of hydrogen-bond donors (Lipinski definition) is 1. The largest absolute Gasteiger partial charge is 0.495 e. The van der Waals surface area contributed by atoms with Crippen molar-refractivity contribution in [1.29, 1.82) is 0 Å². The Morgan fingerprint density at radius 1 is 1.21 bits per heavy atom. The predicted molar refractivity (Wildman–Crippen MR) is 134 cm³/mol. The number of allylic oxidation sites excluding steroid dienone is 1. The van der Waals surface area contributed by atoms with Crippen molar-refractivity contribution in [2.75, 3.05) is 44.3 Å². The fourth-order valence-corrected chi connectivity index (χ4v) is 4.08. The van der Waals surface area contributed by atoms with Crippen LogP contribution in [0.4, 0.5) is 11.4 Å². The van der Waals surface area contributed by atoms with Crippen molar-refractivity contribution in [2.24, 2.45) is 0 Å². The number of halogens is 1. The number of rotatable bonds is 10. The summed E-state index contributed by atoms with van der Waals surface area (Å²) in [6, 6.07) is 11.3. The molecular weight excluding hydrogens is 462 g/mol. The van der Waals surface area contributed by atoms with E-state index in [0.717, 1.165) is 11.3 Å². The van der Waals surface area contributed by atoms with Crippen molar-refractivity contribution >= 4 is 40.6 Å². The Morgan fingerprint density at radius 2 is 1.97 bits per heavy atom. The van der Waals surface area contributed by atoms with Crippen molar-refractivity contribution in [3.63, 3.8) is 0 Å². The van der Waals surface area contributed by atoms with Gasteiger partial charge in [-0.3, -0.25) is 9.36 Å². The van der Waals surface area contributed by atoms with Crippen LogP contribution in [0.2, 0.25) is 5.02 Å². The normalized spacial score (nSPS) is 10.6. The molecule has 0 bridgehead atoms. The standard InChI is InChI=1S/C23H26ClN5O3S/c1-6-10-29-22(15-8-7-9-16(11-15)28(2)3)26-27-23(29)33-14-21(30)25-18-13-19(31-4)17(24)12-20(18)32-5/h6-9,11-13H,1,10,14H2,2-5H3,(H,25,30). The monoisotopic (exact) mass is 487 g/mol. The van der Waals surface area contributed by atoms with Gasteiger partial charge in [-0.15, -0.1) is 16.8 Å². The van der Waals surface area contributed by atoms with E-state index < -0.39 is 0 Å². The highest BCUT2D eigenvalue weighted by Gasteiger charge is 2.17. The summed E-state index contributed by atoms with van der Waals surface area (Å²) in [5, 5.41) is 12.5. The smallest absolute Gasteiger partial charge is 0.234 e. The van der Waals surface area contributed by atoms with Gasteiger partial charge in [0.15, 0.2) is 11.0 Å². The third kappa shape index (κ3) is 5.80. The second kappa shape index (κ2) is 11.1. The van der Waals surface area contributed by atoms with Crippen molar-refractivity contribution in [1.82, 2.24) is 14.8 Å². The van der Waals surface area contributed by atoms with Crippen molar-refractivity contribution in [2.45, 2.75) is 11.7 Å². The summed E-state index contributed by atoms with van der Waals surface area (Å²) < 4.78 is 12.5. The van der Waals surface area contributed by atoms with Crippen LogP contribution in [0.1, 0.15) is 0 Å². The zero-order valence-corrected chi connectivity index (χ0v) is 20.5. The van der Waals surface area contributed by atoms with E-state index in [1.165, 1.54) is 26.0 Å². The Kier molecular flexibility index (Phi) is 8.24. The molecule has 0 aliphatic heterocycles. The minimum absolute atomic E-state index is 0.126. The number of ether oxygens (including phenoxy) is 2. The number of thioether (sulfide) groups is 1. The van der Waals surface area contributed by atoms with Gasteiger partial charge in [-0.05, 0) is 12.1 Å². The molecule has 8 nitrogen and oxygen atoms in total. The quantitative estimate of drug-likeness (QED) is 0.330. The summed E-state index contributed by atoms with van der Waals surface area (Å²) in [7, 11) is 6.98. The summed E-state index contributed by atoms with van der Waals surface area (Å²) >= 11 is 7.42. The van der Waals surface area contributed by atoms with Gasteiger partial charge >= 0.3 is 0 Å². The van der Waals surface area contributed by atoms with Gasteiger partial charge in [-0.25, -0.2) is 0 Å². The van der Waals surface area contributed by atoms with Crippen LogP contribution in [0.15, 0.2) is 54.2 Å². The highest BCUT2D eigenvalue weighted by atomic mass is 35.5. The van der Waals surface area contributed by atoms with Gasteiger partial charge in [0.2, 0.25) is 5.91 Å². The van der Waals surface area contributed by atoms with Gasteiger partial charge in [0.25, 0.3) is 0 Å². The lowest BCUT2D eigenvalue weighted by Crippen LogP contribution is -2.15. The Labute approximate surface area is 202 Å². The van der Waals surface area contributed by atoms with Crippen LogP contribution in [0, 0.1) is 0 Å². The maximum absolute atomic E-state index is 12.7. The number of aromatic nitrogens is 3. The van der Waals surface area contributed by atoms with Crippen LogP contribution in [0.25, 0.3) is 11.4 Å². The van der Waals surface area contributed by atoms with E-state index in [2.05, 4.69) is 22.1 Å². The van der Waals surface area contributed by atoms with Crippen molar-refractivity contribution in [3.05, 3.63) is 54.1 Å². The molecule has 1 aromatic heterocycles. The lowest BCUT2D eigenvalue weighted by atomic mass is 10.2. The Balaban J connectivity index is 1.77. The van der Waals surface area contributed by atoms with E-state index in [9.17, 15) is 4.79 Å². The first-order chi connectivity index (χ1) is 15.9. The molecule has 174 valence electrons. The lowest BCUT2D eigenvalue weighted by molar-refractivity contribution is -0.113. The molecule has 3 rings (SSSR count). The van der Waals surface area contributed by atoms with Crippen LogP contribution in [0.3, 0.4) is 0 Å². The Morgan fingerprint density at radius 3 is 2.64 bits per heavy atom. The number of methoxy groups -OCH3 is 2. The fourth-order valence-electron chi connectivity index (χ4n) is 3.10. The summed E-state index contributed by atoms with van der Waals surface area (Å²) in [4.78, 5) is 14.7. The van der Waals surface area contributed by atoms with E-state index in [0.29, 0.717) is 39.7 Å². The molecular formula is C23H26ClN5O3S. The van der Waals surface area contributed by atoms with Crippen LogP contribution in [-0.2, 0) is 11.3 Å². The number of benzene rings is 2. The zero-order valence-electron chi connectivity index (χ0n) is 19.0. The number of hydrogen-bond acceptors (Lipinski definition) is 7. The maximum Gasteiger partial charge on any atom is 0.234 e. The van der Waals surface area contributed by atoms with Crippen LogP contribution in [-0.4, -0.2) is 54.7 Å². The Hall–Kier alpha value is -3.17. The minimum atomic E-state index is -0.230. The number of carbonyl (C=O) groups excluding carboxylic acids is 1. The van der Waals surface area contributed by atoms with E-state index in [1.54, 1.807) is 18.2 Å². The number of carbonyl (C=O) groups is 1. The highest BCUT2D eigenvalue weighted by Crippen LogP contribution is 2.36. The molecule has 1 N–H and O–H groups in total. The predicted octanol–water partition coefficient (Wildman–Crippen LogP) is 4.60. The molecule has 0 saturated carbocycles. The summed E-state index contributed by atoms with van der Waals surface area (Å²) in [6.07, 6.45) is 1.78. The number of nitrogens with one attached hydrogen (secondary N) is 1. The molecule has 1 heterocycles. The average Bonchev–Trinajstić information content (AvgIpc) is 3.21. The first kappa shape index (κ1) is 24.5. The molecule has 2 aromatic carbocycles. The molecule has 0 aliphatic carbocycles. The first-order valence-corrected chi connectivity index (χ1v) is 11.4. The molecule has 0 aliphatic rings. The zero-order chi connectivity index (χ0) is 24.0. The second-order valence-electron chi connectivity index (χ2n) is 7.17. The highest BCUT2D eigenvalue weighted by molar-refractivity contribution is 7.99. The average molecular weight is 488 g/mol. The molecule has 0 unspecified atom stereocenters. The summed E-state index contributed by atoms with van der Waals surface area (Å²) in [5.74, 6) is 1.49. The molecule has 0 saturated heterocycles. The minimum Gasteiger partial charge on any atom is -0.495 e. The molecule has 1 amide bonds. The van der Waals surface area contributed by atoms with Crippen LogP contribution < -0.4 is 19.7 Å². The van der Waals surface area contributed by atoms with E-state index in [-0.39, 0.29) is 11.7 Å². The first-order valence-electron chi connectivity index (χ1n) is 10.0. The fraction of sp³-hybridized carbons (Fsp3) is 0.261. The van der Waals surface area contributed by atoms with Gasteiger partial charge < -0.3 is 19.7 Å². The SMILES string of the molecule is C=CCn1c(SCC(=O)Nc2cc(OC)c(Cl)cc2OC)nnc1-c1cccc(N(C)C)c1. The van der Waals surface area contributed by atoms with Crippen LogP contribution in [0.5, 0.6) is 11.5 Å². The summed E-state index contributed by atoms with van der Waals surface area (Å²) in [6.45, 7) is 4.36. The van der Waals surface area contributed by atoms with Gasteiger partial charge in [-0.2, -0.15) is 0 Å². The van der Waals surface area contributed by atoms with Crippen molar-refractivity contribution in [3.8, 4) is 22.9 Å².